The van der Waals surface area contributed by atoms with Gasteiger partial charge in [0.1, 0.15) is 11.1 Å². The Bertz CT molecular complexity index is 490. The highest BCUT2D eigenvalue weighted by Gasteiger charge is 2.55. The number of rotatable bonds is 6. The summed E-state index contributed by atoms with van der Waals surface area (Å²) in [7, 11) is 0. The monoisotopic (exact) mass is 300 g/mol. The largest absolute Gasteiger partial charge is 0.477 e. The number of carbonyl (C=O) groups excluding carboxylic acids is 2. The smallest absolute Gasteiger partial charge is 0.353 e. The van der Waals surface area contributed by atoms with Crippen LogP contribution in [-0.4, -0.2) is 51.4 Å². The lowest BCUT2D eigenvalue weighted by Crippen LogP contribution is -2.58. The van der Waals surface area contributed by atoms with E-state index in [1.807, 2.05) is 0 Å². The van der Waals surface area contributed by atoms with Crippen LogP contribution in [0.15, 0.2) is 10.6 Å². The fraction of sp³-hybridized carbons (Fsp3) is 0.583. The van der Waals surface area contributed by atoms with Gasteiger partial charge in [-0.25, -0.2) is 4.79 Å². The van der Waals surface area contributed by atoms with Crippen molar-refractivity contribution in [1.82, 2.24) is 10.2 Å². The van der Waals surface area contributed by atoms with Crippen molar-refractivity contribution in [2.75, 3.05) is 13.2 Å². The highest BCUT2D eigenvalue weighted by atomic mass is 32.2. The molecule has 1 fully saturated rings. The number of carbonyl (C=O) groups is 3. The summed E-state index contributed by atoms with van der Waals surface area (Å²) in [6, 6.07) is 0. The molecular formula is C12H16N2O5S. The van der Waals surface area contributed by atoms with Crippen LogP contribution >= 0.6 is 11.8 Å². The normalized spacial score (nSPS) is 24.5. The lowest BCUT2D eigenvalue weighted by Gasteiger charge is -2.41. The van der Waals surface area contributed by atoms with Crippen molar-refractivity contribution in [2.45, 2.75) is 25.1 Å². The minimum atomic E-state index is -1.13. The number of aliphatic hydroxyl groups is 1. The molecular weight excluding hydrogens is 284 g/mol. The van der Waals surface area contributed by atoms with E-state index in [0.29, 0.717) is 24.3 Å². The third kappa shape index (κ3) is 2.53. The van der Waals surface area contributed by atoms with Gasteiger partial charge in [-0.1, -0.05) is 0 Å². The third-order valence-electron chi connectivity index (χ3n) is 3.28. The first-order chi connectivity index (χ1) is 9.47. The highest BCUT2D eigenvalue weighted by Crippen LogP contribution is 2.50. The van der Waals surface area contributed by atoms with Crippen LogP contribution in [0.5, 0.6) is 0 Å². The van der Waals surface area contributed by atoms with Gasteiger partial charge >= 0.3 is 5.97 Å². The van der Waals surface area contributed by atoms with Crippen LogP contribution in [0, 0.1) is 5.92 Å². The summed E-state index contributed by atoms with van der Waals surface area (Å²) in [5, 5.41) is 20.7. The first-order valence-corrected chi connectivity index (χ1v) is 7.16. The van der Waals surface area contributed by atoms with Gasteiger partial charge in [-0.05, 0) is 12.8 Å². The van der Waals surface area contributed by atoms with Crippen molar-refractivity contribution in [1.29, 1.82) is 0 Å². The quantitative estimate of drug-likeness (QED) is 0.460. The number of carboxylic acids is 1. The van der Waals surface area contributed by atoms with Crippen LogP contribution in [-0.2, 0) is 14.4 Å². The molecule has 0 aliphatic carbocycles. The van der Waals surface area contributed by atoms with Crippen LogP contribution in [0.1, 0.15) is 19.8 Å². The number of thioether (sulfide) groups is 1. The van der Waals surface area contributed by atoms with Crippen molar-refractivity contribution in [3.8, 4) is 0 Å². The van der Waals surface area contributed by atoms with Crippen molar-refractivity contribution in [3.63, 3.8) is 0 Å². The number of hydrogen-bond acceptors (Lipinski definition) is 5. The zero-order valence-corrected chi connectivity index (χ0v) is 11.8. The zero-order valence-electron chi connectivity index (χ0n) is 11.0. The van der Waals surface area contributed by atoms with Gasteiger partial charge in [-0.3, -0.25) is 14.5 Å². The van der Waals surface area contributed by atoms with E-state index in [0.717, 1.165) is 0 Å². The average molecular weight is 300 g/mol. The second kappa shape index (κ2) is 5.84. The lowest BCUT2D eigenvalue weighted by molar-refractivity contribution is -0.153. The molecule has 2 amide bonds. The van der Waals surface area contributed by atoms with E-state index in [1.54, 1.807) is 0 Å². The van der Waals surface area contributed by atoms with Crippen molar-refractivity contribution in [2.24, 2.45) is 5.92 Å². The van der Waals surface area contributed by atoms with Gasteiger partial charge in [-0.2, -0.15) is 0 Å². The Hall–Kier alpha value is -1.54. The van der Waals surface area contributed by atoms with Gasteiger partial charge in [0.15, 0.2) is 0 Å². The molecule has 1 unspecified atom stereocenters. The minimum Gasteiger partial charge on any atom is -0.477 e. The molecule has 0 radical (unpaired) electrons. The van der Waals surface area contributed by atoms with E-state index >= 15 is 0 Å². The molecule has 0 spiro atoms. The van der Waals surface area contributed by atoms with Crippen LogP contribution in [0.3, 0.4) is 0 Å². The van der Waals surface area contributed by atoms with Crippen LogP contribution < -0.4 is 5.32 Å². The number of amides is 2. The number of nitrogens with zero attached hydrogens (tertiary/aromatic N) is 1. The second-order valence-electron chi connectivity index (χ2n) is 4.67. The molecule has 0 saturated carbocycles. The summed E-state index contributed by atoms with van der Waals surface area (Å²) in [6.45, 7) is 1.62. The molecule has 110 valence electrons. The maximum absolute atomic E-state index is 11.8. The highest BCUT2D eigenvalue weighted by molar-refractivity contribution is 8.04. The first-order valence-electron chi connectivity index (χ1n) is 6.28. The Morgan fingerprint density at radius 3 is 2.70 bits per heavy atom. The zero-order chi connectivity index (χ0) is 14.9. The molecule has 0 aromatic rings. The SMILES string of the molecule is CC(=O)NCCCC1=C(C(=O)O)N2C(=O)C(CO)[C@H]2S1. The maximum Gasteiger partial charge on any atom is 0.353 e. The Morgan fingerprint density at radius 1 is 1.45 bits per heavy atom. The topological polar surface area (TPSA) is 107 Å². The second-order valence-corrected chi connectivity index (χ2v) is 5.88. The molecule has 2 heterocycles. The van der Waals surface area contributed by atoms with Gasteiger partial charge in [0.05, 0.1) is 12.5 Å². The van der Waals surface area contributed by atoms with Gasteiger partial charge in [0.25, 0.3) is 0 Å². The van der Waals surface area contributed by atoms with E-state index < -0.39 is 11.9 Å². The molecule has 8 heteroatoms. The van der Waals surface area contributed by atoms with E-state index in [4.69, 9.17) is 5.11 Å². The molecule has 1 saturated heterocycles. The number of aliphatic carboxylic acids is 1. The summed E-state index contributed by atoms with van der Waals surface area (Å²) in [5.41, 5.74) is 0.0255. The first kappa shape index (κ1) is 14.9. The molecule has 0 aromatic carbocycles. The van der Waals surface area contributed by atoms with E-state index in [1.165, 1.54) is 23.6 Å². The Morgan fingerprint density at radius 2 is 2.15 bits per heavy atom. The van der Waals surface area contributed by atoms with Gasteiger partial charge < -0.3 is 15.5 Å². The fourth-order valence-corrected chi connectivity index (χ4v) is 3.85. The number of β-lactam (4-membered cyclic amide) rings is 1. The molecule has 2 aliphatic heterocycles. The van der Waals surface area contributed by atoms with Crippen LogP contribution in [0.4, 0.5) is 0 Å². The van der Waals surface area contributed by atoms with Crippen molar-refractivity contribution in [3.05, 3.63) is 10.6 Å². The van der Waals surface area contributed by atoms with E-state index in [9.17, 15) is 19.5 Å². The summed E-state index contributed by atoms with van der Waals surface area (Å²) in [6.07, 6.45) is 1.10. The maximum atomic E-state index is 11.8. The molecule has 0 aromatic heterocycles. The number of aliphatic hydroxyl groups excluding tert-OH is 1. The molecule has 3 N–H and O–H groups in total. The number of fused-ring (bicyclic) bond motifs is 1. The van der Waals surface area contributed by atoms with Gasteiger partial charge in [-0.15, -0.1) is 11.8 Å². The van der Waals surface area contributed by atoms with E-state index in [2.05, 4.69) is 5.32 Å². The Labute approximate surface area is 120 Å². The molecule has 20 heavy (non-hydrogen) atoms. The molecule has 2 aliphatic rings. The summed E-state index contributed by atoms with van der Waals surface area (Å²) < 4.78 is 0. The molecule has 2 rings (SSSR count). The fourth-order valence-electron chi connectivity index (χ4n) is 2.31. The standard InChI is InChI=1S/C12H16N2O5S/c1-6(16)13-4-2-3-8-9(12(18)19)14-10(17)7(5-15)11(14)20-8/h7,11,15H,2-5H2,1H3,(H,13,16)(H,18,19)/t7?,11-/m1/s1. The van der Waals surface area contributed by atoms with Gasteiger partial charge in [0.2, 0.25) is 11.8 Å². The van der Waals surface area contributed by atoms with Crippen molar-refractivity contribution >= 4 is 29.5 Å². The predicted molar refractivity (Wildman–Crippen MR) is 71.4 cm³/mol. The summed E-state index contributed by atoms with van der Waals surface area (Å²) >= 11 is 1.32. The average Bonchev–Trinajstić information content (AvgIpc) is 2.70. The predicted octanol–water partition coefficient (Wildman–Crippen LogP) is -0.277. The minimum absolute atomic E-state index is 0.0255. The Kier molecular flexibility index (Phi) is 4.34. The number of allylic oxidation sites excluding steroid dienone is 1. The molecule has 7 nitrogen and oxygen atoms in total. The summed E-state index contributed by atoms with van der Waals surface area (Å²) in [4.78, 5) is 35.7. The molecule has 0 bridgehead atoms. The van der Waals surface area contributed by atoms with Crippen molar-refractivity contribution < 1.29 is 24.6 Å². The number of nitrogens with one attached hydrogen (secondary N) is 1. The number of hydrogen-bond donors (Lipinski definition) is 3. The van der Waals surface area contributed by atoms with Crippen LogP contribution in [0.25, 0.3) is 0 Å². The Balaban J connectivity index is 2.02. The lowest BCUT2D eigenvalue weighted by atomic mass is 9.98. The summed E-state index contributed by atoms with van der Waals surface area (Å²) in [5.74, 6) is -2.10. The van der Waals surface area contributed by atoms with Gasteiger partial charge in [0, 0.05) is 18.4 Å². The third-order valence-corrected chi connectivity index (χ3v) is 4.74. The number of carboxylic acid groups (broad SMARTS) is 1. The van der Waals surface area contributed by atoms with E-state index in [-0.39, 0.29) is 29.5 Å². The molecule has 2 atom stereocenters. The van der Waals surface area contributed by atoms with Crippen LogP contribution in [0.2, 0.25) is 0 Å².